The van der Waals surface area contributed by atoms with E-state index in [-0.39, 0.29) is 11.7 Å². The second kappa shape index (κ2) is 4.33. The Morgan fingerprint density at radius 2 is 2.00 bits per heavy atom. The van der Waals surface area contributed by atoms with Crippen LogP contribution >= 0.6 is 0 Å². The van der Waals surface area contributed by atoms with Crippen molar-refractivity contribution in [1.82, 2.24) is 9.66 Å². The summed E-state index contributed by atoms with van der Waals surface area (Å²) in [5.74, 6) is 6.76. The maximum Gasteiger partial charge on any atom is 0.150 e. The predicted octanol–water partition coefficient (Wildman–Crippen LogP) is 2.42. The molecule has 2 aromatic rings. The van der Waals surface area contributed by atoms with E-state index in [0.29, 0.717) is 28.5 Å². The molecule has 0 unspecified atom stereocenters. The molecule has 1 aromatic carbocycles. The molecule has 0 aliphatic carbocycles. The van der Waals surface area contributed by atoms with Crippen molar-refractivity contribution in [3.8, 4) is 11.3 Å². The fourth-order valence-electron chi connectivity index (χ4n) is 1.82. The lowest BCUT2D eigenvalue weighted by molar-refractivity contribution is 0.619. The van der Waals surface area contributed by atoms with Gasteiger partial charge in [0.15, 0.2) is 5.82 Å². The van der Waals surface area contributed by atoms with E-state index in [0.717, 1.165) is 0 Å². The summed E-state index contributed by atoms with van der Waals surface area (Å²) < 4.78 is 14.9. The van der Waals surface area contributed by atoms with Gasteiger partial charge in [0.25, 0.3) is 0 Å². The van der Waals surface area contributed by atoms with E-state index in [1.165, 1.54) is 10.7 Å². The van der Waals surface area contributed by atoms with E-state index in [1.54, 1.807) is 19.1 Å². The molecule has 2 rings (SSSR count). The maximum absolute atomic E-state index is 13.6. The zero-order valence-electron chi connectivity index (χ0n) is 10.7. The summed E-state index contributed by atoms with van der Waals surface area (Å²) in [5.41, 5.74) is 7.67. The van der Waals surface area contributed by atoms with Crippen LogP contribution in [0.15, 0.2) is 18.2 Å². The Morgan fingerprint density at radius 3 is 2.50 bits per heavy atom. The van der Waals surface area contributed by atoms with Crippen molar-refractivity contribution in [2.24, 2.45) is 0 Å². The summed E-state index contributed by atoms with van der Waals surface area (Å²) in [7, 11) is 0. The van der Waals surface area contributed by atoms with Gasteiger partial charge in [-0.2, -0.15) is 0 Å². The number of hydrogen-bond donors (Lipinski definition) is 2. The average Bonchev–Trinajstić information content (AvgIpc) is 2.60. The van der Waals surface area contributed by atoms with Gasteiger partial charge in [0.2, 0.25) is 0 Å². The SMILES string of the molecule is Cc1ccc(-c2nc(C(C)C)n(N)c2N)cc1F. The number of nitrogens with two attached hydrogens (primary N) is 2. The summed E-state index contributed by atoms with van der Waals surface area (Å²) >= 11 is 0. The minimum absolute atomic E-state index is 0.154. The third-order valence-electron chi connectivity index (χ3n) is 2.94. The van der Waals surface area contributed by atoms with Crippen LogP contribution in [-0.4, -0.2) is 9.66 Å². The smallest absolute Gasteiger partial charge is 0.150 e. The molecule has 1 heterocycles. The minimum Gasteiger partial charge on any atom is -0.382 e. The largest absolute Gasteiger partial charge is 0.382 e. The topological polar surface area (TPSA) is 69.9 Å². The van der Waals surface area contributed by atoms with Crippen LogP contribution in [0.3, 0.4) is 0 Å². The van der Waals surface area contributed by atoms with Crippen LogP contribution in [0.25, 0.3) is 11.3 Å². The van der Waals surface area contributed by atoms with Gasteiger partial charge in [0.1, 0.15) is 17.3 Å². The number of halogens is 1. The first-order valence-corrected chi connectivity index (χ1v) is 5.81. The highest BCUT2D eigenvalue weighted by Crippen LogP contribution is 2.28. The molecule has 4 N–H and O–H groups in total. The standard InChI is InChI=1S/C13H17FN4/c1-7(2)13-17-11(12(15)18(13)16)9-5-4-8(3)10(14)6-9/h4-7H,15-16H2,1-3H3. The van der Waals surface area contributed by atoms with Crippen LogP contribution in [0, 0.1) is 12.7 Å². The summed E-state index contributed by atoms with van der Waals surface area (Å²) in [6, 6.07) is 4.92. The minimum atomic E-state index is -0.274. The first-order chi connectivity index (χ1) is 8.41. The summed E-state index contributed by atoms with van der Waals surface area (Å²) in [6.07, 6.45) is 0. The van der Waals surface area contributed by atoms with E-state index in [2.05, 4.69) is 4.98 Å². The molecule has 5 heteroatoms. The van der Waals surface area contributed by atoms with Gasteiger partial charge in [0, 0.05) is 11.5 Å². The second-order valence-electron chi connectivity index (χ2n) is 4.69. The van der Waals surface area contributed by atoms with E-state index >= 15 is 0 Å². The number of anilines is 1. The highest BCUT2D eigenvalue weighted by molar-refractivity contribution is 5.71. The molecule has 0 bridgehead atoms. The molecule has 0 spiro atoms. The molecule has 4 nitrogen and oxygen atoms in total. The molecule has 1 aromatic heterocycles. The number of aromatic nitrogens is 2. The van der Waals surface area contributed by atoms with Crippen LogP contribution in [0.5, 0.6) is 0 Å². The lowest BCUT2D eigenvalue weighted by Crippen LogP contribution is -2.16. The quantitative estimate of drug-likeness (QED) is 0.802. The zero-order chi connectivity index (χ0) is 13.4. The van der Waals surface area contributed by atoms with Crippen LogP contribution in [-0.2, 0) is 0 Å². The van der Waals surface area contributed by atoms with Crippen LogP contribution in [0.2, 0.25) is 0 Å². The van der Waals surface area contributed by atoms with Gasteiger partial charge in [-0.3, -0.25) is 0 Å². The molecule has 0 saturated heterocycles. The zero-order valence-corrected chi connectivity index (χ0v) is 10.7. The maximum atomic E-state index is 13.6. The monoisotopic (exact) mass is 248 g/mol. The van der Waals surface area contributed by atoms with Crippen molar-refractivity contribution in [1.29, 1.82) is 0 Å². The molecule has 96 valence electrons. The number of nitrogen functional groups attached to an aromatic ring is 2. The van der Waals surface area contributed by atoms with E-state index in [4.69, 9.17) is 11.6 Å². The normalized spacial score (nSPS) is 11.2. The summed E-state index contributed by atoms with van der Waals surface area (Å²) in [5, 5.41) is 0. The van der Waals surface area contributed by atoms with Crippen molar-refractivity contribution in [3.63, 3.8) is 0 Å². The first-order valence-electron chi connectivity index (χ1n) is 5.81. The van der Waals surface area contributed by atoms with Crippen LogP contribution in [0.4, 0.5) is 10.2 Å². The Hall–Kier alpha value is -2.04. The predicted molar refractivity (Wildman–Crippen MR) is 71.0 cm³/mol. The molecule has 0 fully saturated rings. The molecule has 18 heavy (non-hydrogen) atoms. The molecular weight excluding hydrogens is 231 g/mol. The number of rotatable bonds is 2. The van der Waals surface area contributed by atoms with Crippen molar-refractivity contribution >= 4 is 5.82 Å². The fraction of sp³-hybridized carbons (Fsp3) is 0.308. The second-order valence-corrected chi connectivity index (χ2v) is 4.69. The molecule has 0 amide bonds. The van der Waals surface area contributed by atoms with Gasteiger partial charge in [-0.25, -0.2) is 14.1 Å². The number of aryl methyl sites for hydroxylation is 1. The van der Waals surface area contributed by atoms with Crippen molar-refractivity contribution in [2.45, 2.75) is 26.7 Å². The lowest BCUT2D eigenvalue weighted by atomic mass is 10.1. The van der Waals surface area contributed by atoms with Gasteiger partial charge in [-0.05, 0) is 18.6 Å². The Kier molecular flexibility index (Phi) is 2.98. The Bertz CT molecular complexity index is 587. The third kappa shape index (κ3) is 1.92. The van der Waals surface area contributed by atoms with Crippen molar-refractivity contribution in [3.05, 3.63) is 35.4 Å². The third-order valence-corrected chi connectivity index (χ3v) is 2.94. The Balaban J connectivity index is 2.57. The molecule has 0 aliphatic rings. The fourth-order valence-corrected chi connectivity index (χ4v) is 1.82. The summed E-state index contributed by atoms with van der Waals surface area (Å²) in [4.78, 5) is 4.40. The van der Waals surface area contributed by atoms with Gasteiger partial charge < -0.3 is 11.6 Å². The van der Waals surface area contributed by atoms with Crippen LogP contribution < -0.4 is 11.6 Å². The highest BCUT2D eigenvalue weighted by Gasteiger charge is 2.17. The Morgan fingerprint density at radius 1 is 1.33 bits per heavy atom. The Labute approximate surface area is 105 Å². The van der Waals surface area contributed by atoms with Gasteiger partial charge >= 0.3 is 0 Å². The van der Waals surface area contributed by atoms with E-state index in [9.17, 15) is 4.39 Å². The average molecular weight is 248 g/mol. The highest BCUT2D eigenvalue weighted by atomic mass is 19.1. The molecule has 0 saturated carbocycles. The first kappa shape index (κ1) is 12.4. The van der Waals surface area contributed by atoms with Gasteiger partial charge in [0.05, 0.1) is 0 Å². The van der Waals surface area contributed by atoms with E-state index in [1.807, 2.05) is 13.8 Å². The van der Waals surface area contributed by atoms with Gasteiger partial charge in [-0.15, -0.1) is 0 Å². The molecule has 0 aliphatic heterocycles. The van der Waals surface area contributed by atoms with Gasteiger partial charge in [-0.1, -0.05) is 26.0 Å². The number of benzene rings is 1. The molecule has 0 radical (unpaired) electrons. The van der Waals surface area contributed by atoms with Crippen molar-refractivity contribution in [2.75, 3.05) is 11.6 Å². The number of nitrogens with zero attached hydrogens (tertiary/aromatic N) is 2. The van der Waals surface area contributed by atoms with E-state index < -0.39 is 0 Å². The lowest BCUT2D eigenvalue weighted by Gasteiger charge is -2.04. The van der Waals surface area contributed by atoms with Crippen molar-refractivity contribution < 1.29 is 4.39 Å². The number of hydrogen-bond acceptors (Lipinski definition) is 3. The molecule has 0 atom stereocenters. The molecular formula is C13H17FN4. The number of imidazole rings is 1. The van der Waals surface area contributed by atoms with Crippen LogP contribution in [0.1, 0.15) is 31.2 Å². The summed E-state index contributed by atoms with van der Waals surface area (Å²) in [6.45, 7) is 5.67.